The van der Waals surface area contributed by atoms with Gasteiger partial charge < -0.3 is 0 Å². The number of rotatable bonds is 0. The lowest BCUT2D eigenvalue weighted by Crippen LogP contribution is -2.37. The Hall–Kier alpha value is -0.470. The Morgan fingerprint density at radius 3 is 1.85 bits per heavy atom. The van der Waals surface area contributed by atoms with E-state index >= 15 is 0 Å². The van der Waals surface area contributed by atoms with Crippen molar-refractivity contribution < 1.29 is 13.2 Å². The van der Waals surface area contributed by atoms with E-state index in [1.807, 2.05) is 13.8 Å². The summed E-state index contributed by atoms with van der Waals surface area (Å²) in [6.45, 7) is 5.18. The van der Waals surface area contributed by atoms with Crippen LogP contribution in [0.1, 0.15) is 33.6 Å². The lowest BCUT2D eigenvalue weighted by molar-refractivity contribution is -0.205. The lowest BCUT2D eigenvalue weighted by atomic mass is 9.71. The number of hydrogen-bond acceptors (Lipinski definition) is 0. The van der Waals surface area contributed by atoms with Crippen LogP contribution in [-0.4, -0.2) is 6.18 Å². The van der Waals surface area contributed by atoms with E-state index in [4.69, 9.17) is 0 Å². The van der Waals surface area contributed by atoms with E-state index < -0.39 is 11.6 Å². The molecule has 0 heterocycles. The van der Waals surface area contributed by atoms with Crippen LogP contribution in [0.3, 0.4) is 0 Å². The van der Waals surface area contributed by atoms with Crippen LogP contribution < -0.4 is 0 Å². The van der Waals surface area contributed by atoms with E-state index in [0.717, 1.165) is 0 Å². The maximum absolute atomic E-state index is 12.5. The molecule has 0 saturated carbocycles. The second kappa shape index (κ2) is 2.76. The summed E-state index contributed by atoms with van der Waals surface area (Å²) >= 11 is 0. The zero-order chi connectivity index (χ0) is 10.3. The molecule has 0 aromatic rings. The molecule has 1 aliphatic carbocycles. The van der Waals surface area contributed by atoms with Crippen molar-refractivity contribution >= 4 is 0 Å². The van der Waals surface area contributed by atoms with Crippen LogP contribution in [0.15, 0.2) is 12.2 Å². The van der Waals surface area contributed by atoms with Gasteiger partial charge in [-0.25, -0.2) is 0 Å². The second-order valence-electron chi connectivity index (χ2n) is 4.74. The Bertz CT molecular complexity index is 225. The van der Waals surface area contributed by atoms with Gasteiger partial charge in [0.2, 0.25) is 0 Å². The SMILES string of the molecule is CC1(C)C=CC(C)(C(F)(F)F)CC1. The van der Waals surface area contributed by atoms with E-state index in [0.29, 0.717) is 6.42 Å². The first-order valence-corrected chi connectivity index (χ1v) is 4.43. The normalized spacial score (nSPS) is 33.4. The minimum Gasteiger partial charge on any atom is -0.170 e. The molecular formula is C10H15F3. The molecule has 1 rings (SSSR count). The highest BCUT2D eigenvalue weighted by Crippen LogP contribution is 2.48. The van der Waals surface area contributed by atoms with Crippen molar-refractivity contribution in [2.45, 2.75) is 39.8 Å². The van der Waals surface area contributed by atoms with Crippen molar-refractivity contribution in [3.63, 3.8) is 0 Å². The lowest BCUT2D eigenvalue weighted by Gasteiger charge is -2.37. The van der Waals surface area contributed by atoms with Gasteiger partial charge in [-0.1, -0.05) is 26.0 Å². The molecule has 0 aromatic heterocycles. The fourth-order valence-electron chi connectivity index (χ4n) is 1.39. The largest absolute Gasteiger partial charge is 0.397 e. The van der Waals surface area contributed by atoms with Crippen molar-refractivity contribution in [3.8, 4) is 0 Å². The predicted molar refractivity (Wildman–Crippen MR) is 46.3 cm³/mol. The Morgan fingerprint density at radius 2 is 1.54 bits per heavy atom. The van der Waals surface area contributed by atoms with E-state index in [2.05, 4.69) is 0 Å². The molecule has 0 N–H and O–H groups in total. The summed E-state index contributed by atoms with van der Waals surface area (Å²) in [4.78, 5) is 0. The van der Waals surface area contributed by atoms with Gasteiger partial charge in [0.15, 0.2) is 0 Å². The van der Waals surface area contributed by atoms with Crippen LogP contribution in [-0.2, 0) is 0 Å². The first-order chi connectivity index (χ1) is 5.66. The molecular weight excluding hydrogens is 177 g/mol. The average Bonchev–Trinajstić information content (AvgIpc) is 1.94. The Kier molecular flexibility index (Phi) is 2.25. The first-order valence-electron chi connectivity index (χ1n) is 4.43. The zero-order valence-corrected chi connectivity index (χ0v) is 8.20. The van der Waals surface area contributed by atoms with E-state index in [1.165, 1.54) is 13.0 Å². The smallest absolute Gasteiger partial charge is 0.170 e. The maximum atomic E-state index is 12.5. The standard InChI is InChI=1S/C10H15F3/c1-8(2)4-6-9(3,7-5-8)10(11,12)13/h4,6H,5,7H2,1-3H3. The van der Waals surface area contributed by atoms with Crippen molar-refractivity contribution in [2.24, 2.45) is 10.8 Å². The van der Waals surface area contributed by atoms with Gasteiger partial charge in [0.1, 0.15) is 0 Å². The monoisotopic (exact) mass is 192 g/mol. The molecule has 76 valence electrons. The van der Waals surface area contributed by atoms with Crippen molar-refractivity contribution in [3.05, 3.63) is 12.2 Å². The van der Waals surface area contributed by atoms with Gasteiger partial charge >= 0.3 is 6.18 Å². The van der Waals surface area contributed by atoms with Gasteiger partial charge in [0, 0.05) is 0 Å². The fraction of sp³-hybridized carbons (Fsp3) is 0.800. The summed E-state index contributed by atoms with van der Waals surface area (Å²) in [7, 11) is 0. The van der Waals surface area contributed by atoms with Crippen molar-refractivity contribution in [2.75, 3.05) is 0 Å². The number of hydrogen-bond donors (Lipinski definition) is 0. The number of allylic oxidation sites excluding steroid dienone is 2. The summed E-state index contributed by atoms with van der Waals surface area (Å²) in [6.07, 6.45) is -0.319. The second-order valence-corrected chi connectivity index (χ2v) is 4.74. The molecule has 0 amide bonds. The highest BCUT2D eigenvalue weighted by molar-refractivity contribution is 5.10. The van der Waals surface area contributed by atoms with Gasteiger partial charge in [0.25, 0.3) is 0 Å². The van der Waals surface area contributed by atoms with Crippen LogP contribution in [0.5, 0.6) is 0 Å². The topological polar surface area (TPSA) is 0 Å². The minimum absolute atomic E-state index is 0.0786. The summed E-state index contributed by atoms with van der Waals surface area (Å²) in [5.74, 6) is 0. The van der Waals surface area contributed by atoms with Crippen LogP contribution >= 0.6 is 0 Å². The van der Waals surface area contributed by atoms with Crippen LogP contribution in [0.2, 0.25) is 0 Å². The third-order valence-corrected chi connectivity index (χ3v) is 2.84. The molecule has 3 heteroatoms. The Morgan fingerprint density at radius 1 is 1.00 bits per heavy atom. The molecule has 0 bridgehead atoms. The van der Waals surface area contributed by atoms with E-state index in [-0.39, 0.29) is 11.8 Å². The highest BCUT2D eigenvalue weighted by Gasteiger charge is 2.50. The zero-order valence-electron chi connectivity index (χ0n) is 8.20. The van der Waals surface area contributed by atoms with Crippen LogP contribution in [0.25, 0.3) is 0 Å². The first kappa shape index (κ1) is 10.6. The predicted octanol–water partition coefficient (Wildman–Crippen LogP) is 3.93. The van der Waals surface area contributed by atoms with E-state index in [1.54, 1.807) is 6.08 Å². The minimum atomic E-state index is -4.11. The molecule has 0 nitrogen and oxygen atoms in total. The summed E-state index contributed by atoms with van der Waals surface area (Å²) in [5, 5.41) is 0. The van der Waals surface area contributed by atoms with Crippen LogP contribution in [0.4, 0.5) is 13.2 Å². The van der Waals surface area contributed by atoms with Crippen LogP contribution in [0, 0.1) is 10.8 Å². The number of alkyl halides is 3. The molecule has 0 spiro atoms. The number of halogens is 3. The molecule has 0 aromatic carbocycles. The quantitative estimate of drug-likeness (QED) is 0.510. The molecule has 0 fully saturated rings. The Balaban J connectivity index is 2.88. The van der Waals surface area contributed by atoms with Gasteiger partial charge in [-0.15, -0.1) is 0 Å². The molecule has 1 unspecified atom stereocenters. The maximum Gasteiger partial charge on any atom is 0.397 e. The summed E-state index contributed by atoms with van der Waals surface area (Å²) in [5.41, 5.74) is -1.69. The van der Waals surface area contributed by atoms with Gasteiger partial charge in [-0.3, -0.25) is 0 Å². The molecule has 0 radical (unpaired) electrons. The fourth-order valence-corrected chi connectivity index (χ4v) is 1.39. The molecule has 0 saturated heterocycles. The van der Waals surface area contributed by atoms with E-state index in [9.17, 15) is 13.2 Å². The molecule has 1 aliphatic rings. The molecule has 0 aliphatic heterocycles. The molecule has 1 atom stereocenters. The van der Waals surface area contributed by atoms with Crippen molar-refractivity contribution in [1.29, 1.82) is 0 Å². The average molecular weight is 192 g/mol. The van der Waals surface area contributed by atoms with Gasteiger partial charge in [-0.05, 0) is 25.2 Å². The summed E-state index contributed by atoms with van der Waals surface area (Å²) in [6, 6.07) is 0. The highest BCUT2D eigenvalue weighted by atomic mass is 19.4. The molecule has 13 heavy (non-hydrogen) atoms. The van der Waals surface area contributed by atoms with Crippen molar-refractivity contribution in [1.82, 2.24) is 0 Å². The van der Waals surface area contributed by atoms with Gasteiger partial charge in [-0.2, -0.15) is 13.2 Å². The third kappa shape index (κ3) is 2.06. The summed E-state index contributed by atoms with van der Waals surface area (Å²) < 4.78 is 37.6. The van der Waals surface area contributed by atoms with Gasteiger partial charge in [0.05, 0.1) is 5.41 Å². The third-order valence-electron chi connectivity index (χ3n) is 2.84. The Labute approximate surface area is 76.8 Å².